The Morgan fingerprint density at radius 1 is 1.17 bits per heavy atom. The second-order valence-corrected chi connectivity index (χ2v) is 9.48. The zero-order valence-corrected chi connectivity index (χ0v) is 21.4. The van der Waals surface area contributed by atoms with Crippen LogP contribution in [-0.2, 0) is 0 Å². The van der Waals surface area contributed by atoms with Crippen LogP contribution in [0.3, 0.4) is 0 Å². The molecule has 3 aromatic carbocycles. The Balaban J connectivity index is 1.69. The second-order valence-electron chi connectivity index (χ2n) is 8.13. The van der Waals surface area contributed by atoms with Crippen LogP contribution in [0.4, 0.5) is 0 Å². The molecule has 1 atom stereocenters. The number of ether oxygens (including phenoxy) is 1. The summed E-state index contributed by atoms with van der Waals surface area (Å²) in [4.78, 5) is 18.2. The van der Waals surface area contributed by atoms with Crippen molar-refractivity contribution >= 4 is 55.6 Å². The standard InChI is InChI=1S/C27H21BrClN3O3/c1-3-16(2)34-24-10-8-19(28)12-18(24)15-30-32-26(31-22-7-5-4-6-21(22)27(32)33)25-14-17-13-20(29)9-11-23(17)35-25/h4-16H,3H2,1-2H3/t16-/m0/s1. The molecule has 0 N–H and O–H groups in total. The Bertz CT molecular complexity index is 1640. The molecule has 0 saturated heterocycles. The number of hydrogen-bond donors (Lipinski definition) is 0. The molecule has 5 aromatic rings. The molecule has 0 saturated carbocycles. The summed E-state index contributed by atoms with van der Waals surface area (Å²) in [6.45, 7) is 4.07. The number of fused-ring (bicyclic) bond motifs is 2. The van der Waals surface area contributed by atoms with Crippen LogP contribution >= 0.6 is 27.5 Å². The van der Waals surface area contributed by atoms with E-state index < -0.39 is 0 Å². The summed E-state index contributed by atoms with van der Waals surface area (Å²) < 4.78 is 14.2. The predicted molar refractivity (Wildman–Crippen MR) is 144 cm³/mol. The molecule has 0 fully saturated rings. The third-order valence-corrected chi connectivity index (χ3v) is 6.37. The van der Waals surface area contributed by atoms with Crippen molar-refractivity contribution in [1.29, 1.82) is 0 Å². The van der Waals surface area contributed by atoms with Crippen LogP contribution in [0.1, 0.15) is 25.8 Å². The summed E-state index contributed by atoms with van der Waals surface area (Å²) in [5, 5.41) is 6.41. The number of aromatic nitrogens is 2. The van der Waals surface area contributed by atoms with E-state index in [2.05, 4.69) is 28.0 Å². The Labute approximate surface area is 214 Å². The Kier molecular flexibility index (Phi) is 6.45. The van der Waals surface area contributed by atoms with Crippen molar-refractivity contribution < 1.29 is 9.15 Å². The van der Waals surface area contributed by atoms with E-state index in [9.17, 15) is 4.79 Å². The van der Waals surface area contributed by atoms with E-state index in [4.69, 9.17) is 25.7 Å². The third-order valence-electron chi connectivity index (χ3n) is 5.64. The molecular formula is C27H21BrClN3O3. The van der Waals surface area contributed by atoms with Crippen molar-refractivity contribution in [3.05, 3.63) is 92.1 Å². The maximum Gasteiger partial charge on any atom is 0.282 e. The normalized spacial score (nSPS) is 12.6. The van der Waals surface area contributed by atoms with Crippen LogP contribution in [0.5, 0.6) is 5.75 Å². The molecule has 0 aliphatic carbocycles. The molecule has 35 heavy (non-hydrogen) atoms. The summed E-state index contributed by atoms with van der Waals surface area (Å²) in [5.41, 5.74) is 1.61. The zero-order valence-electron chi connectivity index (χ0n) is 19.0. The summed E-state index contributed by atoms with van der Waals surface area (Å²) in [7, 11) is 0. The van der Waals surface area contributed by atoms with Gasteiger partial charge in [-0.1, -0.05) is 46.6 Å². The largest absolute Gasteiger partial charge is 0.490 e. The Hall–Kier alpha value is -3.42. The van der Waals surface area contributed by atoms with Crippen LogP contribution in [0, 0.1) is 0 Å². The average molecular weight is 551 g/mol. The van der Waals surface area contributed by atoms with Crippen molar-refractivity contribution in [1.82, 2.24) is 9.66 Å². The van der Waals surface area contributed by atoms with Crippen LogP contribution in [-0.4, -0.2) is 22.0 Å². The third kappa shape index (κ3) is 4.74. The van der Waals surface area contributed by atoms with Gasteiger partial charge in [0.25, 0.3) is 5.56 Å². The van der Waals surface area contributed by atoms with Gasteiger partial charge in [0.15, 0.2) is 5.76 Å². The lowest BCUT2D eigenvalue weighted by molar-refractivity contribution is 0.217. The highest BCUT2D eigenvalue weighted by atomic mass is 79.9. The van der Waals surface area contributed by atoms with E-state index in [1.165, 1.54) is 4.68 Å². The zero-order chi connectivity index (χ0) is 24.5. The first kappa shape index (κ1) is 23.3. The average Bonchev–Trinajstić information content (AvgIpc) is 3.27. The first-order chi connectivity index (χ1) is 16.9. The van der Waals surface area contributed by atoms with E-state index in [0.29, 0.717) is 33.0 Å². The van der Waals surface area contributed by atoms with Gasteiger partial charge in [0.1, 0.15) is 11.3 Å². The van der Waals surface area contributed by atoms with Gasteiger partial charge in [-0.25, -0.2) is 4.98 Å². The van der Waals surface area contributed by atoms with E-state index in [1.54, 1.807) is 48.7 Å². The van der Waals surface area contributed by atoms with Crippen LogP contribution in [0.25, 0.3) is 33.5 Å². The maximum absolute atomic E-state index is 13.5. The molecule has 0 amide bonds. The van der Waals surface area contributed by atoms with Gasteiger partial charge < -0.3 is 9.15 Å². The summed E-state index contributed by atoms with van der Waals surface area (Å²) in [5.74, 6) is 1.37. The minimum absolute atomic E-state index is 0.0336. The van der Waals surface area contributed by atoms with Gasteiger partial charge in [-0.05, 0) is 67.9 Å². The fourth-order valence-electron chi connectivity index (χ4n) is 3.66. The van der Waals surface area contributed by atoms with Crippen molar-refractivity contribution in [3.8, 4) is 17.3 Å². The van der Waals surface area contributed by atoms with Gasteiger partial charge in [0, 0.05) is 20.4 Å². The highest BCUT2D eigenvalue weighted by Crippen LogP contribution is 2.29. The molecule has 8 heteroatoms. The molecular weight excluding hydrogens is 530 g/mol. The van der Waals surface area contributed by atoms with E-state index >= 15 is 0 Å². The predicted octanol–water partition coefficient (Wildman–Crippen LogP) is 7.29. The maximum atomic E-state index is 13.5. The number of nitrogens with zero attached hydrogens (tertiary/aromatic N) is 3. The fourth-order valence-corrected chi connectivity index (χ4v) is 4.22. The number of rotatable bonds is 6. The molecule has 0 radical (unpaired) electrons. The van der Waals surface area contributed by atoms with Crippen LogP contribution in [0.2, 0.25) is 5.02 Å². The SMILES string of the molecule is CC[C@H](C)Oc1ccc(Br)cc1C=Nn1c(-c2cc3cc(Cl)ccc3o2)nc2ccccc2c1=O. The molecule has 2 aromatic heterocycles. The van der Waals surface area contributed by atoms with Crippen molar-refractivity contribution in [3.63, 3.8) is 0 Å². The van der Waals surface area contributed by atoms with Gasteiger partial charge in [-0.3, -0.25) is 4.79 Å². The van der Waals surface area contributed by atoms with Crippen molar-refractivity contribution in [2.45, 2.75) is 26.4 Å². The molecule has 5 rings (SSSR count). The monoisotopic (exact) mass is 549 g/mol. The molecule has 0 spiro atoms. The quantitative estimate of drug-likeness (QED) is 0.208. The summed E-state index contributed by atoms with van der Waals surface area (Å²) >= 11 is 9.65. The Morgan fingerprint density at radius 2 is 2.00 bits per heavy atom. The lowest BCUT2D eigenvalue weighted by Gasteiger charge is -2.15. The van der Waals surface area contributed by atoms with E-state index in [0.717, 1.165) is 21.8 Å². The molecule has 2 heterocycles. The van der Waals surface area contributed by atoms with Gasteiger partial charge in [0.05, 0.1) is 23.2 Å². The van der Waals surface area contributed by atoms with Gasteiger partial charge >= 0.3 is 0 Å². The van der Waals surface area contributed by atoms with E-state index in [-0.39, 0.29) is 17.5 Å². The first-order valence-electron chi connectivity index (χ1n) is 11.1. The van der Waals surface area contributed by atoms with Crippen LogP contribution in [0.15, 0.2) is 85.5 Å². The topological polar surface area (TPSA) is 69.6 Å². The summed E-state index contributed by atoms with van der Waals surface area (Å²) in [6.07, 6.45) is 2.50. The van der Waals surface area contributed by atoms with Crippen molar-refractivity contribution in [2.75, 3.05) is 0 Å². The second kappa shape index (κ2) is 9.68. The van der Waals surface area contributed by atoms with Gasteiger partial charge in [-0.15, -0.1) is 0 Å². The number of benzene rings is 3. The number of hydrogen-bond acceptors (Lipinski definition) is 5. The molecule has 0 bridgehead atoms. The lowest BCUT2D eigenvalue weighted by Crippen LogP contribution is -2.20. The smallest absolute Gasteiger partial charge is 0.282 e. The first-order valence-corrected chi connectivity index (χ1v) is 12.3. The number of furan rings is 1. The number of halogens is 2. The van der Waals surface area contributed by atoms with Gasteiger partial charge in [0.2, 0.25) is 5.82 Å². The van der Waals surface area contributed by atoms with E-state index in [1.807, 2.05) is 31.2 Å². The minimum atomic E-state index is -0.306. The lowest BCUT2D eigenvalue weighted by atomic mass is 10.2. The minimum Gasteiger partial charge on any atom is -0.490 e. The highest BCUT2D eigenvalue weighted by Gasteiger charge is 2.17. The van der Waals surface area contributed by atoms with Crippen LogP contribution < -0.4 is 10.3 Å². The molecule has 176 valence electrons. The molecule has 0 unspecified atom stereocenters. The molecule has 0 aliphatic heterocycles. The van der Waals surface area contributed by atoms with Crippen molar-refractivity contribution in [2.24, 2.45) is 5.10 Å². The fraction of sp³-hybridized carbons (Fsp3) is 0.148. The van der Waals surface area contributed by atoms with Gasteiger partial charge in [-0.2, -0.15) is 9.78 Å². The number of para-hydroxylation sites is 1. The summed E-state index contributed by atoms with van der Waals surface area (Å²) in [6, 6.07) is 20.0. The highest BCUT2D eigenvalue weighted by molar-refractivity contribution is 9.10. The molecule has 0 aliphatic rings. The molecule has 6 nitrogen and oxygen atoms in total. The Morgan fingerprint density at radius 3 is 2.83 bits per heavy atom.